The highest BCUT2D eigenvalue weighted by Gasteiger charge is 2.48. The number of hydrazine groups is 1. The summed E-state index contributed by atoms with van der Waals surface area (Å²) in [7, 11) is 3.04. The van der Waals surface area contributed by atoms with Gasteiger partial charge in [-0.1, -0.05) is 6.07 Å². The quantitative estimate of drug-likeness (QED) is 0.556. The second-order valence-electron chi connectivity index (χ2n) is 6.37. The molecule has 29 heavy (non-hydrogen) atoms. The second-order valence-corrected chi connectivity index (χ2v) is 6.84. The predicted molar refractivity (Wildman–Crippen MR) is 107 cm³/mol. The van der Waals surface area contributed by atoms with Crippen LogP contribution in [0.15, 0.2) is 42.5 Å². The van der Waals surface area contributed by atoms with Crippen molar-refractivity contribution >= 4 is 35.0 Å². The van der Waals surface area contributed by atoms with Crippen molar-refractivity contribution in [2.24, 2.45) is 0 Å². The van der Waals surface area contributed by atoms with Crippen molar-refractivity contribution in [1.29, 1.82) is 0 Å². The van der Waals surface area contributed by atoms with Gasteiger partial charge in [0.2, 0.25) is 5.91 Å². The lowest BCUT2D eigenvalue weighted by atomic mass is 9.95. The summed E-state index contributed by atoms with van der Waals surface area (Å²) < 4.78 is 10.5. The van der Waals surface area contributed by atoms with Gasteiger partial charge in [0, 0.05) is 18.2 Å². The standard InChI is InChI=1S/C20H20ClN3O5/c1-11(25)22-14-7-4-12(5-8-14)19(26)23-24-18(17(21)20(24)27)13-6-9-15(28-2)16(10-13)29-3/h4-10,17-18H,1-3H3,(H,22,25)(H,23,26)/t17-,18+/m0/s1. The predicted octanol–water partition coefficient (Wildman–Crippen LogP) is 2.50. The van der Waals surface area contributed by atoms with Gasteiger partial charge in [-0.15, -0.1) is 11.6 Å². The minimum absolute atomic E-state index is 0.209. The number of anilines is 1. The molecule has 1 saturated heterocycles. The number of ether oxygens (including phenoxy) is 2. The maximum absolute atomic E-state index is 12.6. The van der Waals surface area contributed by atoms with Crippen molar-refractivity contribution in [2.45, 2.75) is 18.3 Å². The fraction of sp³-hybridized carbons (Fsp3) is 0.250. The van der Waals surface area contributed by atoms with E-state index in [4.69, 9.17) is 21.1 Å². The molecule has 1 heterocycles. The molecule has 9 heteroatoms. The molecule has 2 atom stereocenters. The summed E-state index contributed by atoms with van der Waals surface area (Å²) in [4.78, 5) is 35.9. The molecule has 1 aliphatic rings. The summed E-state index contributed by atoms with van der Waals surface area (Å²) in [6.45, 7) is 1.40. The number of β-lactam (4-membered cyclic amide) rings is 1. The Morgan fingerprint density at radius 1 is 1.03 bits per heavy atom. The molecule has 1 aliphatic heterocycles. The van der Waals surface area contributed by atoms with Crippen molar-refractivity contribution < 1.29 is 23.9 Å². The van der Waals surface area contributed by atoms with Gasteiger partial charge in [-0.25, -0.2) is 5.01 Å². The fourth-order valence-corrected chi connectivity index (χ4v) is 3.38. The van der Waals surface area contributed by atoms with Crippen LogP contribution in [0.5, 0.6) is 11.5 Å². The highest BCUT2D eigenvalue weighted by Crippen LogP contribution is 2.40. The van der Waals surface area contributed by atoms with E-state index in [2.05, 4.69) is 10.7 Å². The average molecular weight is 418 g/mol. The van der Waals surface area contributed by atoms with Crippen LogP contribution in [0.1, 0.15) is 28.9 Å². The van der Waals surface area contributed by atoms with E-state index in [1.807, 2.05) is 0 Å². The van der Waals surface area contributed by atoms with Crippen LogP contribution < -0.4 is 20.2 Å². The third-order valence-electron chi connectivity index (χ3n) is 4.47. The first-order valence-electron chi connectivity index (χ1n) is 8.73. The van der Waals surface area contributed by atoms with E-state index in [9.17, 15) is 14.4 Å². The zero-order chi connectivity index (χ0) is 21.1. The Hall–Kier alpha value is -3.26. The van der Waals surface area contributed by atoms with Crippen molar-refractivity contribution in [3.63, 3.8) is 0 Å². The molecule has 3 amide bonds. The van der Waals surface area contributed by atoms with E-state index in [-0.39, 0.29) is 5.91 Å². The maximum atomic E-state index is 12.6. The Labute approximate surface area is 172 Å². The van der Waals surface area contributed by atoms with Gasteiger partial charge in [0.15, 0.2) is 11.5 Å². The molecule has 0 aliphatic carbocycles. The van der Waals surface area contributed by atoms with E-state index >= 15 is 0 Å². The van der Waals surface area contributed by atoms with Crippen molar-refractivity contribution in [2.75, 3.05) is 19.5 Å². The van der Waals surface area contributed by atoms with E-state index in [0.717, 1.165) is 0 Å². The number of nitrogens with zero attached hydrogens (tertiary/aromatic N) is 1. The van der Waals surface area contributed by atoms with Gasteiger partial charge in [-0.2, -0.15) is 0 Å². The van der Waals surface area contributed by atoms with Crippen LogP contribution in [-0.4, -0.2) is 42.3 Å². The molecule has 0 aromatic heterocycles. The zero-order valence-corrected chi connectivity index (χ0v) is 16.8. The van der Waals surface area contributed by atoms with Gasteiger partial charge in [-0.05, 0) is 42.0 Å². The van der Waals surface area contributed by atoms with E-state index in [0.29, 0.717) is 28.3 Å². The molecule has 2 N–H and O–H groups in total. The van der Waals surface area contributed by atoms with Gasteiger partial charge >= 0.3 is 0 Å². The van der Waals surface area contributed by atoms with Crippen LogP contribution in [0.4, 0.5) is 5.69 Å². The van der Waals surface area contributed by atoms with Gasteiger partial charge < -0.3 is 14.8 Å². The van der Waals surface area contributed by atoms with Crippen LogP contribution in [0.3, 0.4) is 0 Å². The van der Waals surface area contributed by atoms with E-state index < -0.39 is 23.2 Å². The van der Waals surface area contributed by atoms with Crippen molar-refractivity contribution in [1.82, 2.24) is 10.4 Å². The lowest BCUT2D eigenvalue weighted by Crippen LogP contribution is -2.63. The van der Waals surface area contributed by atoms with Crippen LogP contribution >= 0.6 is 11.6 Å². The maximum Gasteiger partial charge on any atom is 0.269 e. The summed E-state index contributed by atoms with van der Waals surface area (Å²) in [5, 5.41) is 3.01. The van der Waals surface area contributed by atoms with Gasteiger partial charge in [0.05, 0.1) is 14.2 Å². The molecule has 0 saturated carbocycles. The average Bonchev–Trinajstić information content (AvgIpc) is 2.72. The molecule has 2 aromatic rings. The largest absolute Gasteiger partial charge is 0.493 e. The molecule has 0 unspecified atom stereocenters. The summed E-state index contributed by atoms with van der Waals surface area (Å²) in [6.07, 6.45) is 0. The Morgan fingerprint density at radius 2 is 1.69 bits per heavy atom. The molecule has 0 bridgehead atoms. The van der Waals surface area contributed by atoms with E-state index in [1.165, 1.54) is 26.2 Å². The Kier molecular flexibility index (Phi) is 5.93. The number of alkyl halides is 1. The number of halogens is 1. The number of carbonyl (C=O) groups excluding carboxylic acids is 3. The zero-order valence-electron chi connectivity index (χ0n) is 16.1. The minimum atomic E-state index is -0.810. The van der Waals surface area contributed by atoms with Crippen molar-refractivity contribution in [3.8, 4) is 11.5 Å². The van der Waals surface area contributed by atoms with E-state index in [1.54, 1.807) is 42.5 Å². The Bertz CT molecular complexity index is 948. The number of nitrogens with one attached hydrogen (secondary N) is 2. The molecule has 152 valence electrons. The highest BCUT2D eigenvalue weighted by molar-refractivity contribution is 6.33. The molecule has 0 radical (unpaired) electrons. The van der Waals surface area contributed by atoms with Crippen LogP contribution in [0.2, 0.25) is 0 Å². The van der Waals surface area contributed by atoms with Crippen LogP contribution in [0.25, 0.3) is 0 Å². The summed E-state index contributed by atoms with van der Waals surface area (Å²) in [5.74, 6) is -0.0494. The molecular weight excluding hydrogens is 398 g/mol. The lowest BCUT2D eigenvalue weighted by molar-refractivity contribution is -0.149. The first kappa shape index (κ1) is 20.5. The third-order valence-corrected chi connectivity index (χ3v) is 4.89. The number of benzene rings is 2. The number of hydrogen-bond acceptors (Lipinski definition) is 5. The summed E-state index contributed by atoms with van der Waals surface area (Å²) >= 11 is 6.21. The highest BCUT2D eigenvalue weighted by atomic mass is 35.5. The molecule has 1 fully saturated rings. The van der Waals surface area contributed by atoms with Crippen molar-refractivity contribution in [3.05, 3.63) is 53.6 Å². The van der Waals surface area contributed by atoms with Gasteiger partial charge in [0.1, 0.15) is 11.4 Å². The minimum Gasteiger partial charge on any atom is -0.493 e. The molecular formula is C20H20ClN3O5. The van der Waals surface area contributed by atoms with Gasteiger partial charge in [-0.3, -0.25) is 19.8 Å². The van der Waals surface area contributed by atoms with Gasteiger partial charge in [0.25, 0.3) is 11.8 Å². The Balaban J connectivity index is 1.76. The second kappa shape index (κ2) is 8.40. The molecule has 0 spiro atoms. The lowest BCUT2D eigenvalue weighted by Gasteiger charge is -2.44. The first-order chi connectivity index (χ1) is 13.8. The van der Waals surface area contributed by atoms with Crippen LogP contribution in [-0.2, 0) is 9.59 Å². The summed E-state index contributed by atoms with van der Waals surface area (Å²) in [5.41, 5.74) is 4.18. The number of methoxy groups -OCH3 is 2. The number of carbonyl (C=O) groups is 3. The molecule has 8 nitrogen and oxygen atoms in total. The normalized spacial score (nSPS) is 17.9. The third kappa shape index (κ3) is 4.12. The topological polar surface area (TPSA) is 97.0 Å². The number of hydrogen-bond donors (Lipinski definition) is 2. The van der Waals surface area contributed by atoms with Crippen LogP contribution in [0, 0.1) is 0 Å². The number of rotatable bonds is 6. The number of amides is 3. The first-order valence-corrected chi connectivity index (χ1v) is 9.17. The SMILES string of the molecule is COc1ccc([C@@H]2[C@H](Cl)C(=O)N2NC(=O)c2ccc(NC(C)=O)cc2)cc1OC. The molecule has 3 rings (SSSR count). The Morgan fingerprint density at radius 3 is 2.28 bits per heavy atom. The molecule has 2 aromatic carbocycles. The smallest absolute Gasteiger partial charge is 0.269 e. The monoisotopic (exact) mass is 417 g/mol. The summed E-state index contributed by atoms with van der Waals surface area (Å²) in [6, 6.07) is 10.9. The fourth-order valence-electron chi connectivity index (χ4n) is 3.02.